The second-order valence-corrected chi connectivity index (χ2v) is 19.4. The molecule has 0 fully saturated rings. The van der Waals surface area contributed by atoms with Gasteiger partial charge in [-0.1, -0.05) is 83.9 Å². The maximum Gasteiger partial charge on any atom is 1.00 e. The fourth-order valence-electron chi connectivity index (χ4n) is 6.58. The average molecular weight is 1410 g/mol. The van der Waals surface area contributed by atoms with E-state index in [1.54, 1.807) is 79.1 Å². The standard InChI is InChI=1S/C25H20ClFNO3P.C17H10BrClFNO.C10H6BrNO.CH2O3.2Cs.H/c26-19-16-17-24(27)23(18-19)25(28-20-10-4-1-5-11-20)32(29,30-21-12-6-2-7-13-21)31-22-14-8-3-9-15-22;18-12-7-11-5-10(1-4-16(11)21-9-12)6-17(22)14-8-13(19)2-3-15(14)20;11-9-4-8-3-7(6-13)1-2-10(8)12-5-9;2-1-4-3;;;/h1-18,25,28H;1-5,7-9H,6H2;1-6H;1,3H;;;/q;;;;2*+1;-1/p-1. The van der Waals surface area contributed by atoms with E-state index in [1.807, 2.05) is 72.8 Å². The van der Waals surface area contributed by atoms with Crippen LogP contribution in [0.4, 0.5) is 14.5 Å². The van der Waals surface area contributed by atoms with Gasteiger partial charge in [0.25, 0.3) is 6.47 Å². The molecule has 362 valence electrons. The summed E-state index contributed by atoms with van der Waals surface area (Å²) < 4.78 is 56.8. The summed E-state index contributed by atoms with van der Waals surface area (Å²) in [7, 11) is -4.12. The van der Waals surface area contributed by atoms with E-state index in [1.165, 1.54) is 36.4 Å². The molecule has 11 nitrogen and oxygen atoms in total. The number of ketones is 1. The van der Waals surface area contributed by atoms with E-state index in [4.69, 9.17) is 42.3 Å². The van der Waals surface area contributed by atoms with E-state index in [9.17, 15) is 22.9 Å². The van der Waals surface area contributed by atoms with Crippen molar-refractivity contribution >= 4 is 109 Å². The molecule has 0 aliphatic carbocycles. The Labute approximate surface area is 565 Å². The summed E-state index contributed by atoms with van der Waals surface area (Å²) in [6.45, 7) is -0.181. The van der Waals surface area contributed by atoms with Gasteiger partial charge in [0.05, 0.1) is 16.6 Å². The van der Waals surface area contributed by atoms with E-state index in [0.717, 1.165) is 42.6 Å². The summed E-state index contributed by atoms with van der Waals surface area (Å²) in [4.78, 5) is 42.5. The van der Waals surface area contributed by atoms with Crippen LogP contribution in [0.25, 0.3) is 21.8 Å². The number of halogens is 6. The molecule has 0 aliphatic heterocycles. The van der Waals surface area contributed by atoms with Crippen molar-refractivity contribution in [3.63, 3.8) is 0 Å². The SMILES string of the molecule is O=C(Cc1ccc2ncc(Br)cc2c1)c1cc(Cl)ccc1F.O=CO[O-].O=Cc1ccc2ncc(Br)cc2c1.O=P(Oc1ccccc1)(Oc1ccccc1)C(Nc1ccccc1)c1cc(Cl)ccc1F.[Cs+].[Cs+].[H-]. The van der Waals surface area contributed by atoms with Gasteiger partial charge >= 0.3 is 145 Å². The first-order valence-corrected chi connectivity index (χ1v) is 24.8. The number of pyridine rings is 2. The topological polar surface area (TPSA) is 157 Å². The summed E-state index contributed by atoms with van der Waals surface area (Å²) in [5, 5.41) is 14.1. The van der Waals surface area contributed by atoms with Crippen LogP contribution in [0.15, 0.2) is 197 Å². The zero-order chi connectivity index (χ0) is 50.8. The molecule has 2 heterocycles. The predicted molar refractivity (Wildman–Crippen MR) is 278 cm³/mol. The number of rotatable bonds is 13. The van der Waals surface area contributed by atoms with Crippen molar-refractivity contribution < 1.29 is 186 Å². The normalized spacial score (nSPS) is 10.7. The van der Waals surface area contributed by atoms with E-state index in [0.29, 0.717) is 32.8 Å². The summed E-state index contributed by atoms with van der Waals surface area (Å²) in [6.07, 6.45) is 4.40. The van der Waals surface area contributed by atoms with Crippen molar-refractivity contribution in [2.75, 3.05) is 5.32 Å². The minimum absolute atomic E-state index is 0. The van der Waals surface area contributed by atoms with Crippen molar-refractivity contribution in [2.45, 2.75) is 12.2 Å². The molecule has 0 bridgehead atoms. The Morgan fingerprint density at radius 2 is 1.16 bits per heavy atom. The molecule has 1 N–H and O–H groups in total. The number of aldehydes is 1. The molecular formula is C53H38Br2Cl2Cs2F2N3O8P. The van der Waals surface area contributed by atoms with Crippen molar-refractivity contribution in [3.05, 3.63) is 241 Å². The Morgan fingerprint density at radius 1 is 0.671 bits per heavy atom. The molecular weight excluding hydrogens is 1370 g/mol. The number of carbonyl (C=O) groups excluding carboxylic acids is 3. The number of hydrogen-bond acceptors (Lipinski definition) is 11. The molecule has 9 aromatic rings. The molecule has 0 aliphatic rings. The second-order valence-electron chi connectivity index (χ2n) is 14.7. The molecule has 7 aromatic carbocycles. The maximum atomic E-state index is 15.0. The monoisotopic (exact) mass is 1410 g/mol. The van der Waals surface area contributed by atoms with Crippen LogP contribution in [0.5, 0.6) is 11.5 Å². The summed E-state index contributed by atoms with van der Waals surface area (Å²) >= 11 is 18.7. The Hall–Kier alpha value is -2.74. The number of nitrogens with one attached hydrogen (secondary N) is 1. The molecule has 0 saturated carbocycles. The van der Waals surface area contributed by atoms with E-state index < -0.39 is 25.0 Å². The number of aromatic nitrogens is 2. The van der Waals surface area contributed by atoms with Crippen molar-refractivity contribution in [1.82, 2.24) is 9.97 Å². The fraction of sp³-hybridized carbons (Fsp3) is 0.0377. The van der Waals surface area contributed by atoms with Crippen molar-refractivity contribution in [1.29, 1.82) is 0 Å². The Kier molecular flexibility index (Phi) is 27.6. The van der Waals surface area contributed by atoms with Crippen molar-refractivity contribution in [3.8, 4) is 11.5 Å². The van der Waals surface area contributed by atoms with Gasteiger partial charge in [-0.05, 0) is 153 Å². The molecule has 20 heteroatoms. The molecule has 1 unspecified atom stereocenters. The van der Waals surface area contributed by atoms with E-state index in [-0.39, 0.29) is 169 Å². The molecule has 0 spiro atoms. The van der Waals surface area contributed by atoms with Gasteiger partial charge in [0, 0.05) is 65.4 Å². The zero-order valence-corrected chi connectivity index (χ0v) is 56.9. The van der Waals surface area contributed by atoms with E-state index in [2.05, 4.69) is 52.0 Å². The third-order valence-electron chi connectivity index (χ3n) is 9.75. The Morgan fingerprint density at radius 3 is 1.70 bits per heavy atom. The van der Waals surface area contributed by atoms with Gasteiger partial charge in [0.1, 0.15) is 29.4 Å². The Bertz CT molecular complexity index is 3270. The molecule has 0 radical (unpaired) electrons. The zero-order valence-electron chi connectivity index (χ0n) is 39.7. The first kappa shape index (κ1) is 62.8. The molecule has 73 heavy (non-hydrogen) atoms. The van der Waals surface area contributed by atoms with Crippen LogP contribution in [-0.2, 0) is 20.7 Å². The number of hydrogen-bond donors (Lipinski definition) is 1. The number of nitrogens with zero attached hydrogens (tertiary/aromatic N) is 2. The second kappa shape index (κ2) is 32.1. The number of fused-ring (bicyclic) bond motifs is 2. The van der Waals surface area contributed by atoms with Gasteiger partial charge in [0.15, 0.2) is 11.6 Å². The van der Waals surface area contributed by atoms with Crippen LogP contribution >= 0.6 is 62.7 Å². The largest absolute Gasteiger partial charge is 1.00 e. The number of carbonyl (C=O) groups is 3. The summed E-state index contributed by atoms with van der Waals surface area (Å²) in [5.74, 6) is -1.98. The van der Waals surface area contributed by atoms with Gasteiger partial charge in [-0.2, -0.15) is 0 Å². The maximum absolute atomic E-state index is 15.0. The average Bonchev–Trinajstić information content (AvgIpc) is 3.38. The van der Waals surface area contributed by atoms with Crippen LogP contribution in [0, 0.1) is 11.6 Å². The third kappa shape index (κ3) is 19.7. The van der Waals surface area contributed by atoms with Gasteiger partial charge in [-0.15, -0.1) is 0 Å². The summed E-state index contributed by atoms with van der Waals surface area (Å²) in [6, 6.07) is 49.2. The summed E-state index contributed by atoms with van der Waals surface area (Å²) in [5.41, 5.74) is 3.91. The number of anilines is 1. The van der Waals surface area contributed by atoms with Crippen LogP contribution in [0.1, 0.15) is 39.1 Å². The minimum atomic E-state index is -4.12. The van der Waals surface area contributed by atoms with Gasteiger partial charge < -0.3 is 25.9 Å². The van der Waals surface area contributed by atoms with Gasteiger partial charge in [-0.3, -0.25) is 24.4 Å². The molecule has 0 saturated heterocycles. The van der Waals surface area contributed by atoms with Gasteiger partial charge in [0.2, 0.25) is 0 Å². The third-order valence-corrected chi connectivity index (χ3v) is 13.1. The van der Waals surface area contributed by atoms with Crippen LogP contribution in [-0.4, -0.2) is 28.5 Å². The molecule has 2 aromatic heterocycles. The number of para-hydroxylation sites is 3. The first-order valence-electron chi connectivity index (χ1n) is 20.9. The van der Waals surface area contributed by atoms with E-state index >= 15 is 0 Å². The molecule has 1 atom stereocenters. The smallest absolute Gasteiger partial charge is 1.00 e. The van der Waals surface area contributed by atoms with Gasteiger partial charge in [-0.25, -0.2) is 13.3 Å². The number of benzene rings is 7. The van der Waals surface area contributed by atoms with Crippen LogP contribution in [0.3, 0.4) is 0 Å². The minimum Gasteiger partial charge on any atom is -1.00 e. The fourth-order valence-corrected chi connectivity index (χ4v) is 9.55. The molecule has 9 rings (SSSR count). The quantitative estimate of drug-likeness (QED) is 0.0388. The predicted octanol–water partition coefficient (Wildman–Crippen LogP) is 8.52. The number of Topliss-reactive ketones (excluding diaryl/α,β-unsaturated/α-hetero) is 1. The first-order chi connectivity index (χ1) is 34.3. The molecule has 0 amide bonds. The van der Waals surface area contributed by atoms with Crippen molar-refractivity contribution in [2.24, 2.45) is 0 Å². The van der Waals surface area contributed by atoms with Crippen LogP contribution in [0.2, 0.25) is 10.0 Å². The van der Waals surface area contributed by atoms with Crippen LogP contribution < -0.4 is 157 Å². The Balaban J connectivity index is 0.000000298.